The number of carbonyl (C=O) groups excluding carboxylic acids is 1. The molecular formula is C13H17ClN2O. The summed E-state index contributed by atoms with van der Waals surface area (Å²) in [4.78, 5) is 14.0. The summed E-state index contributed by atoms with van der Waals surface area (Å²) in [6.45, 7) is 0.805. The molecule has 0 spiro atoms. The molecule has 3 nitrogen and oxygen atoms in total. The van der Waals surface area contributed by atoms with E-state index < -0.39 is 0 Å². The van der Waals surface area contributed by atoms with E-state index in [0.717, 1.165) is 36.4 Å². The minimum atomic E-state index is 0.203. The first-order chi connectivity index (χ1) is 8.22. The Bertz CT molecular complexity index is 420. The summed E-state index contributed by atoms with van der Waals surface area (Å²) in [5.41, 5.74) is 3.00. The molecule has 0 unspecified atom stereocenters. The van der Waals surface area contributed by atoms with Crippen molar-refractivity contribution in [2.45, 2.75) is 19.3 Å². The number of nitrogens with one attached hydrogen (secondary N) is 1. The highest BCUT2D eigenvalue weighted by atomic mass is 35.5. The maximum atomic E-state index is 11.9. The highest BCUT2D eigenvalue weighted by Gasteiger charge is 2.16. The number of Topliss-reactive ketones (excluding diaryl/α,β-unsaturated/α-hetero) is 1. The number of benzene rings is 1. The van der Waals surface area contributed by atoms with Crippen molar-refractivity contribution in [1.82, 2.24) is 0 Å². The van der Waals surface area contributed by atoms with Crippen LogP contribution in [0.4, 0.5) is 11.4 Å². The standard InChI is InChI=1S/C13H17ClN2O/c1-16-9-15-11-8-10(5-6-12(11)16)13(17)4-2-3-7-14/h5-6,8,15H,2-4,7,9H2,1H3. The molecule has 1 aliphatic rings. The first-order valence-electron chi connectivity index (χ1n) is 5.90. The van der Waals surface area contributed by atoms with Crippen LogP contribution in [0.3, 0.4) is 0 Å². The van der Waals surface area contributed by atoms with Gasteiger partial charge in [-0.25, -0.2) is 0 Å². The second kappa shape index (κ2) is 5.41. The molecule has 0 saturated carbocycles. The zero-order valence-electron chi connectivity index (χ0n) is 10.0. The molecule has 0 saturated heterocycles. The molecule has 0 aromatic heterocycles. The van der Waals surface area contributed by atoms with E-state index in [0.29, 0.717) is 12.3 Å². The Morgan fingerprint density at radius 1 is 1.47 bits per heavy atom. The van der Waals surface area contributed by atoms with Crippen LogP contribution in [-0.2, 0) is 0 Å². The predicted molar refractivity (Wildman–Crippen MR) is 72.2 cm³/mol. The van der Waals surface area contributed by atoms with Gasteiger partial charge >= 0.3 is 0 Å². The van der Waals surface area contributed by atoms with Crippen LogP contribution in [0, 0.1) is 0 Å². The highest BCUT2D eigenvalue weighted by molar-refractivity contribution is 6.17. The molecule has 1 N–H and O–H groups in total. The third-order valence-electron chi connectivity index (χ3n) is 3.02. The molecule has 0 amide bonds. The van der Waals surface area contributed by atoms with Gasteiger partial charge in [0, 0.05) is 24.9 Å². The van der Waals surface area contributed by atoms with Gasteiger partial charge in [-0.1, -0.05) is 0 Å². The lowest BCUT2D eigenvalue weighted by Gasteiger charge is -2.09. The fourth-order valence-electron chi connectivity index (χ4n) is 2.00. The summed E-state index contributed by atoms with van der Waals surface area (Å²) in [7, 11) is 2.03. The maximum Gasteiger partial charge on any atom is 0.162 e. The van der Waals surface area contributed by atoms with Crippen LogP contribution in [0.5, 0.6) is 0 Å². The van der Waals surface area contributed by atoms with Gasteiger partial charge in [0.15, 0.2) is 5.78 Å². The molecule has 1 heterocycles. The van der Waals surface area contributed by atoms with Gasteiger partial charge in [0.25, 0.3) is 0 Å². The van der Waals surface area contributed by atoms with E-state index in [1.165, 1.54) is 0 Å². The lowest BCUT2D eigenvalue weighted by molar-refractivity contribution is 0.0980. The van der Waals surface area contributed by atoms with Gasteiger partial charge in [-0.3, -0.25) is 4.79 Å². The van der Waals surface area contributed by atoms with Gasteiger partial charge in [0.1, 0.15) is 0 Å². The van der Waals surface area contributed by atoms with Crippen molar-refractivity contribution in [3.63, 3.8) is 0 Å². The van der Waals surface area contributed by atoms with Crippen molar-refractivity contribution in [2.75, 3.05) is 29.8 Å². The first kappa shape index (κ1) is 12.2. The summed E-state index contributed by atoms with van der Waals surface area (Å²) in [6.07, 6.45) is 2.35. The largest absolute Gasteiger partial charge is 0.366 e. The topological polar surface area (TPSA) is 32.3 Å². The average Bonchev–Trinajstić information content (AvgIpc) is 2.71. The normalized spacial score (nSPS) is 13.4. The number of hydrogen-bond acceptors (Lipinski definition) is 3. The van der Waals surface area contributed by atoms with Crippen LogP contribution >= 0.6 is 11.6 Å². The average molecular weight is 253 g/mol. The second-order valence-corrected chi connectivity index (χ2v) is 4.71. The van der Waals surface area contributed by atoms with Crippen molar-refractivity contribution < 1.29 is 4.79 Å². The quantitative estimate of drug-likeness (QED) is 0.497. The van der Waals surface area contributed by atoms with Crippen molar-refractivity contribution in [3.8, 4) is 0 Å². The predicted octanol–water partition coefficient (Wildman–Crippen LogP) is 3.10. The molecule has 1 aromatic rings. The smallest absolute Gasteiger partial charge is 0.162 e. The molecule has 0 bridgehead atoms. The number of carbonyl (C=O) groups is 1. The third-order valence-corrected chi connectivity index (χ3v) is 3.29. The monoisotopic (exact) mass is 252 g/mol. The Balaban J connectivity index is 2.05. The van der Waals surface area contributed by atoms with E-state index in [1.807, 2.05) is 25.2 Å². The SMILES string of the molecule is CN1CNc2cc(C(=O)CCCCCl)ccc21. The van der Waals surface area contributed by atoms with E-state index in [1.54, 1.807) is 0 Å². The van der Waals surface area contributed by atoms with E-state index in [-0.39, 0.29) is 5.78 Å². The van der Waals surface area contributed by atoms with E-state index in [2.05, 4.69) is 10.2 Å². The molecule has 4 heteroatoms. The molecular weight excluding hydrogens is 236 g/mol. The van der Waals surface area contributed by atoms with Crippen molar-refractivity contribution >= 4 is 28.8 Å². The first-order valence-corrected chi connectivity index (χ1v) is 6.44. The van der Waals surface area contributed by atoms with Gasteiger partial charge < -0.3 is 10.2 Å². The summed E-state index contributed by atoms with van der Waals surface area (Å²) in [5.74, 6) is 0.832. The molecule has 17 heavy (non-hydrogen) atoms. The summed E-state index contributed by atoms with van der Waals surface area (Å²) in [6, 6.07) is 5.86. The molecule has 0 radical (unpaired) electrons. The Morgan fingerprint density at radius 3 is 3.06 bits per heavy atom. The number of ketones is 1. The van der Waals surface area contributed by atoms with E-state index in [4.69, 9.17) is 11.6 Å². The van der Waals surface area contributed by atoms with Crippen LogP contribution in [-0.4, -0.2) is 25.4 Å². The number of rotatable bonds is 5. The maximum absolute atomic E-state index is 11.9. The lowest BCUT2D eigenvalue weighted by Crippen LogP contribution is -2.15. The Hall–Kier alpha value is -1.22. The zero-order valence-corrected chi connectivity index (χ0v) is 10.8. The van der Waals surface area contributed by atoms with Crippen LogP contribution < -0.4 is 10.2 Å². The number of nitrogens with zero attached hydrogens (tertiary/aromatic N) is 1. The minimum Gasteiger partial charge on any atom is -0.366 e. The van der Waals surface area contributed by atoms with Gasteiger partial charge in [0.2, 0.25) is 0 Å². The van der Waals surface area contributed by atoms with Crippen molar-refractivity contribution in [3.05, 3.63) is 23.8 Å². The molecule has 0 fully saturated rings. The molecule has 92 valence electrons. The lowest BCUT2D eigenvalue weighted by atomic mass is 10.0. The van der Waals surface area contributed by atoms with Gasteiger partial charge in [-0.2, -0.15) is 0 Å². The fraction of sp³-hybridized carbons (Fsp3) is 0.462. The highest BCUT2D eigenvalue weighted by Crippen LogP contribution is 2.31. The molecule has 2 rings (SSSR count). The number of halogens is 1. The summed E-state index contributed by atoms with van der Waals surface area (Å²) in [5, 5.41) is 3.26. The Kier molecular flexibility index (Phi) is 3.89. The number of anilines is 2. The second-order valence-electron chi connectivity index (χ2n) is 4.33. The number of fused-ring (bicyclic) bond motifs is 1. The molecule has 1 aromatic carbocycles. The minimum absolute atomic E-state index is 0.203. The van der Waals surface area contributed by atoms with Gasteiger partial charge in [-0.15, -0.1) is 11.6 Å². The van der Waals surface area contributed by atoms with E-state index in [9.17, 15) is 4.79 Å². The van der Waals surface area contributed by atoms with Crippen LogP contribution in [0.1, 0.15) is 29.6 Å². The molecule has 1 aliphatic heterocycles. The summed E-state index contributed by atoms with van der Waals surface area (Å²) >= 11 is 5.60. The summed E-state index contributed by atoms with van der Waals surface area (Å²) < 4.78 is 0. The van der Waals surface area contributed by atoms with Crippen molar-refractivity contribution in [2.24, 2.45) is 0 Å². The molecule has 0 atom stereocenters. The number of unbranched alkanes of at least 4 members (excludes halogenated alkanes) is 1. The van der Waals surface area contributed by atoms with E-state index >= 15 is 0 Å². The zero-order chi connectivity index (χ0) is 12.3. The van der Waals surface area contributed by atoms with Crippen LogP contribution in [0.15, 0.2) is 18.2 Å². The van der Waals surface area contributed by atoms with Gasteiger partial charge in [0.05, 0.1) is 18.0 Å². The number of hydrogen-bond donors (Lipinski definition) is 1. The Labute approximate surface area is 107 Å². The Morgan fingerprint density at radius 2 is 2.29 bits per heavy atom. The van der Waals surface area contributed by atoms with Crippen LogP contribution in [0.2, 0.25) is 0 Å². The fourth-order valence-corrected chi connectivity index (χ4v) is 2.19. The van der Waals surface area contributed by atoms with Gasteiger partial charge in [-0.05, 0) is 31.0 Å². The van der Waals surface area contributed by atoms with Crippen molar-refractivity contribution in [1.29, 1.82) is 0 Å². The number of alkyl halides is 1. The molecule has 0 aliphatic carbocycles. The third kappa shape index (κ3) is 2.72. The van der Waals surface area contributed by atoms with Crippen LogP contribution in [0.25, 0.3) is 0 Å².